The van der Waals surface area contributed by atoms with Crippen LogP contribution in [0.25, 0.3) is 0 Å². The van der Waals surface area contributed by atoms with Crippen molar-refractivity contribution in [3.8, 4) is 0 Å². The Balaban J connectivity index is 1.22. The lowest BCUT2D eigenvalue weighted by Gasteiger charge is -2.37. The lowest BCUT2D eigenvalue weighted by atomic mass is 9.82. The second-order valence-electron chi connectivity index (χ2n) is 14.6. The van der Waals surface area contributed by atoms with Crippen molar-refractivity contribution < 1.29 is 33.3 Å². The summed E-state index contributed by atoms with van der Waals surface area (Å²) in [6.45, 7) is 4.92. The number of nitro groups is 1. The highest BCUT2D eigenvalue weighted by atomic mass is 28.4. The average molecular weight is 737 g/mol. The minimum absolute atomic E-state index is 0.0737. The van der Waals surface area contributed by atoms with Gasteiger partial charge in [-0.2, -0.15) is 0 Å². The van der Waals surface area contributed by atoms with Gasteiger partial charge in [0.05, 0.1) is 42.3 Å². The van der Waals surface area contributed by atoms with Gasteiger partial charge in [-0.1, -0.05) is 61.5 Å². The van der Waals surface area contributed by atoms with Crippen LogP contribution in [0, 0.1) is 16.0 Å². The topological polar surface area (TPSA) is 134 Å². The Bertz CT molecular complexity index is 2060. The van der Waals surface area contributed by atoms with Crippen molar-refractivity contribution >= 4 is 49.4 Å². The summed E-state index contributed by atoms with van der Waals surface area (Å²) < 4.78 is 23.2. The highest BCUT2D eigenvalue weighted by Gasteiger charge is 2.67. The molecule has 274 valence electrons. The number of nitro benzene ring substituents is 1. The summed E-state index contributed by atoms with van der Waals surface area (Å²) in [6.07, 6.45) is -0.0179. The van der Waals surface area contributed by atoms with Crippen LogP contribution in [-0.2, 0) is 44.2 Å². The summed E-state index contributed by atoms with van der Waals surface area (Å²) in [6, 6.07) is 27.8. The highest BCUT2D eigenvalue weighted by molar-refractivity contribution is 6.72. The van der Waals surface area contributed by atoms with Crippen LogP contribution in [0.5, 0.6) is 0 Å². The smallest absolute Gasteiger partial charge is 0.269 e. The molecule has 0 bridgehead atoms. The van der Waals surface area contributed by atoms with Crippen molar-refractivity contribution in [2.24, 2.45) is 5.92 Å². The van der Waals surface area contributed by atoms with Gasteiger partial charge in [-0.3, -0.25) is 29.4 Å². The van der Waals surface area contributed by atoms with Crippen LogP contribution in [0.3, 0.4) is 0 Å². The van der Waals surface area contributed by atoms with Crippen LogP contribution in [0.15, 0.2) is 97.1 Å². The number of hydrogen-bond donors (Lipinski definition) is 1. The van der Waals surface area contributed by atoms with Gasteiger partial charge in [0.1, 0.15) is 0 Å². The summed E-state index contributed by atoms with van der Waals surface area (Å²) in [5, 5.41) is 22.3. The molecular formula is C40H41FN4O7Si. The number of aliphatic hydroxyl groups excluding tert-OH is 1. The average Bonchev–Trinajstić information content (AvgIpc) is 3.57. The number of nitrogens with zero attached hydrogens (tertiary/aromatic N) is 4. The van der Waals surface area contributed by atoms with Gasteiger partial charge in [0.15, 0.2) is 5.60 Å². The van der Waals surface area contributed by atoms with E-state index < -0.39 is 48.4 Å². The molecule has 1 saturated heterocycles. The van der Waals surface area contributed by atoms with Gasteiger partial charge in [-0.05, 0) is 66.5 Å². The first-order valence-corrected chi connectivity index (χ1v) is 20.7. The first kappa shape index (κ1) is 36.1. The fourth-order valence-corrected chi connectivity index (χ4v) is 11.1. The van der Waals surface area contributed by atoms with Crippen molar-refractivity contribution in [1.29, 1.82) is 0 Å². The number of anilines is 3. The molecule has 1 fully saturated rings. The number of ether oxygens (including phenoxy) is 1. The van der Waals surface area contributed by atoms with Crippen LogP contribution in [-0.4, -0.2) is 60.3 Å². The molecule has 3 amide bonds. The predicted octanol–water partition coefficient (Wildman–Crippen LogP) is 6.55. The van der Waals surface area contributed by atoms with Crippen molar-refractivity contribution in [1.82, 2.24) is 4.90 Å². The maximum absolute atomic E-state index is 16.5. The summed E-state index contributed by atoms with van der Waals surface area (Å²) in [5.74, 6) is -1.57. The Morgan fingerprint density at radius 3 is 2.34 bits per heavy atom. The van der Waals surface area contributed by atoms with Crippen molar-refractivity contribution in [3.05, 3.63) is 129 Å². The van der Waals surface area contributed by atoms with E-state index in [2.05, 4.69) is 0 Å². The molecule has 0 unspecified atom stereocenters. The number of hydrogen-bond acceptors (Lipinski definition) is 7. The molecule has 1 N–H and O–H groups in total. The van der Waals surface area contributed by atoms with Gasteiger partial charge in [-0.15, -0.1) is 0 Å². The molecule has 53 heavy (non-hydrogen) atoms. The number of aliphatic hydroxyl groups is 1. The second kappa shape index (κ2) is 14.0. The number of carbonyl (C=O) groups excluding carboxylic acids is 3. The maximum atomic E-state index is 16.5. The molecule has 0 radical (unpaired) electrons. The molecule has 4 aromatic carbocycles. The van der Waals surface area contributed by atoms with Gasteiger partial charge in [-0.25, -0.2) is 0 Å². The van der Waals surface area contributed by atoms with Gasteiger partial charge in [0.2, 0.25) is 20.7 Å². The fourth-order valence-electron chi connectivity index (χ4n) is 8.64. The third-order valence-corrected chi connectivity index (χ3v) is 13.6. The van der Waals surface area contributed by atoms with Crippen LogP contribution >= 0.6 is 0 Å². The molecule has 3 heterocycles. The molecule has 7 rings (SSSR count). The quantitative estimate of drug-likeness (QED) is 0.0642. The van der Waals surface area contributed by atoms with Crippen LogP contribution in [0.1, 0.15) is 35.6 Å². The molecule has 1 spiro atoms. The number of non-ortho nitro benzene ring substituents is 1. The molecule has 0 aliphatic carbocycles. The number of carbonyl (C=O) groups is 3. The van der Waals surface area contributed by atoms with E-state index >= 15 is 4.11 Å². The summed E-state index contributed by atoms with van der Waals surface area (Å²) in [4.78, 5) is 57.1. The Morgan fingerprint density at radius 1 is 1.04 bits per heavy atom. The number of para-hydroxylation sites is 1. The summed E-state index contributed by atoms with van der Waals surface area (Å²) >= 11 is 0. The normalized spacial score (nSPS) is 23.5. The Hall–Kier alpha value is -5.24. The van der Waals surface area contributed by atoms with E-state index in [0.29, 0.717) is 23.5 Å². The highest BCUT2D eigenvalue weighted by Crippen LogP contribution is 2.60. The third kappa shape index (κ3) is 6.32. The number of rotatable bonds is 10. The summed E-state index contributed by atoms with van der Waals surface area (Å²) in [5.41, 5.74) is 1.91. The van der Waals surface area contributed by atoms with E-state index in [9.17, 15) is 29.6 Å². The molecule has 3 aliphatic rings. The molecule has 5 atom stereocenters. The standard InChI is InChI=1S/C40H41FN4O7Si/c1-26-38(53(2,3)41)36(21-37(48)42-23-29-10-8-7-9-28(29)19-33(42)24-46)52-40(26)34-20-32(45(50)51)17-18-35(34)43(39(40)49)22-27-13-15-31(16-14-27)44(25-47)30-11-5-4-6-12-30/h4-18,20,25-26,33,36,38,46H,19,21-24H2,1-3H3/t26-,33+,36+,38-,40+/m1/s1. The SMILES string of the molecule is C[C@@H]1[C@@H]([Si](C)(C)F)[C@H](CC(=O)N2Cc3ccccc3C[C@H]2CO)O[C@@]12C(=O)N(Cc1ccc(N(C=O)c3ccccc3)cc1)c1ccc([N+](=O)[O-])cc12. The Labute approximate surface area is 307 Å². The number of benzene rings is 4. The largest absolute Gasteiger partial charge is 0.394 e. The van der Waals surface area contributed by atoms with Gasteiger partial charge in [0, 0.05) is 47.1 Å². The number of amides is 3. The minimum atomic E-state index is -3.66. The lowest BCUT2D eigenvalue weighted by Crippen LogP contribution is -2.48. The molecular weight excluding hydrogens is 696 g/mol. The van der Waals surface area contributed by atoms with E-state index in [4.69, 9.17) is 4.74 Å². The predicted molar refractivity (Wildman–Crippen MR) is 200 cm³/mol. The van der Waals surface area contributed by atoms with Crippen molar-refractivity contribution in [2.45, 2.75) is 69.2 Å². The van der Waals surface area contributed by atoms with Gasteiger partial charge < -0.3 is 23.8 Å². The monoisotopic (exact) mass is 736 g/mol. The van der Waals surface area contributed by atoms with Crippen molar-refractivity contribution in [2.75, 3.05) is 16.4 Å². The molecule has 0 aromatic heterocycles. The van der Waals surface area contributed by atoms with Crippen LogP contribution in [0.4, 0.5) is 26.9 Å². The molecule has 13 heteroatoms. The van der Waals surface area contributed by atoms with E-state index in [0.717, 1.165) is 23.1 Å². The maximum Gasteiger partial charge on any atom is 0.269 e. The Kier molecular flexibility index (Phi) is 9.51. The first-order valence-electron chi connectivity index (χ1n) is 17.7. The number of halogens is 1. The zero-order valence-corrected chi connectivity index (χ0v) is 30.7. The van der Waals surface area contributed by atoms with Gasteiger partial charge in [0.25, 0.3) is 11.6 Å². The second-order valence-corrected chi connectivity index (χ2v) is 18.4. The van der Waals surface area contributed by atoms with Crippen molar-refractivity contribution in [3.63, 3.8) is 0 Å². The Morgan fingerprint density at radius 2 is 1.70 bits per heavy atom. The summed E-state index contributed by atoms with van der Waals surface area (Å²) in [7, 11) is -3.66. The lowest BCUT2D eigenvalue weighted by molar-refractivity contribution is -0.385. The minimum Gasteiger partial charge on any atom is -0.394 e. The molecule has 3 aliphatic heterocycles. The van der Waals surface area contributed by atoms with Crippen LogP contribution < -0.4 is 9.80 Å². The molecule has 0 saturated carbocycles. The third-order valence-electron chi connectivity index (χ3n) is 11.1. The molecule has 11 nitrogen and oxygen atoms in total. The van der Waals surface area contributed by atoms with E-state index in [-0.39, 0.29) is 43.3 Å². The van der Waals surface area contributed by atoms with E-state index in [1.807, 2.05) is 54.6 Å². The fraction of sp³-hybridized carbons (Fsp3) is 0.325. The molecule has 4 aromatic rings. The van der Waals surface area contributed by atoms with E-state index in [1.54, 1.807) is 36.1 Å². The zero-order valence-electron chi connectivity index (χ0n) is 29.7. The van der Waals surface area contributed by atoms with Gasteiger partial charge >= 0.3 is 0 Å². The zero-order chi connectivity index (χ0) is 37.7. The number of fused-ring (bicyclic) bond motifs is 3. The van der Waals surface area contributed by atoms with E-state index in [1.165, 1.54) is 41.1 Å². The first-order chi connectivity index (χ1) is 25.4. The van der Waals surface area contributed by atoms with Crippen LogP contribution in [0.2, 0.25) is 18.6 Å².